The fourth-order valence-electron chi connectivity index (χ4n) is 2.68. The lowest BCUT2D eigenvalue weighted by Gasteiger charge is -2.41. The highest BCUT2D eigenvalue weighted by molar-refractivity contribution is 5.97. The van der Waals surface area contributed by atoms with Gasteiger partial charge in [0.05, 0.1) is 0 Å². The van der Waals surface area contributed by atoms with Crippen molar-refractivity contribution in [3.63, 3.8) is 0 Å². The maximum Gasteiger partial charge on any atom is 0.252 e. The average Bonchev–Trinajstić information content (AvgIpc) is 2.30. The summed E-state index contributed by atoms with van der Waals surface area (Å²) in [5, 5.41) is 3.17. The molecule has 0 bridgehead atoms. The Labute approximate surface area is 94.8 Å². The van der Waals surface area contributed by atoms with Gasteiger partial charge in [-0.15, -0.1) is 0 Å². The SMILES string of the molecule is O=C1NC2(CCOCC2)Cc2ccccc21. The van der Waals surface area contributed by atoms with E-state index >= 15 is 0 Å². The molecule has 1 fully saturated rings. The van der Waals surface area contributed by atoms with Crippen LogP contribution < -0.4 is 5.32 Å². The van der Waals surface area contributed by atoms with E-state index in [4.69, 9.17) is 4.74 Å². The predicted octanol–water partition coefficient (Wildman–Crippen LogP) is 1.52. The molecular formula is C13H15NO2. The van der Waals surface area contributed by atoms with E-state index in [1.807, 2.05) is 18.2 Å². The maximum atomic E-state index is 12.0. The van der Waals surface area contributed by atoms with Crippen LogP contribution >= 0.6 is 0 Å². The van der Waals surface area contributed by atoms with Gasteiger partial charge in [0.15, 0.2) is 0 Å². The second-order valence-corrected chi connectivity index (χ2v) is 4.68. The molecule has 16 heavy (non-hydrogen) atoms. The summed E-state index contributed by atoms with van der Waals surface area (Å²) in [6.07, 6.45) is 2.79. The highest BCUT2D eigenvalue weighted by Gasteiger charge is 2.38. The molecule has 3 heteroatoms. The molecule has 2 aliphatic rings. The smallest absolute Gasteiger partial charge is 0.252 e. The molecule has 1 spiro atoms. The van der Waals surface area contributed by atoms with E-state index in [0.717, 1.165) is 38.0 Å². The summed E-state index contributed by atoms with van der Waals surface area (Å²) >= 11 is 0. The molecule has 1 saturated heterocycles. The van der Waals surface area contributed by atoms with Crippen LogP contribution in [-0.4, -0.2) is 24.7 Å². The van der Waals surface area contributed by atoms with Gasteiger partial charge in [-0.3, -0.25) is 4.79 Å². The second kappa shape index (κ2) is 3.59. The molecule has 0 unspecified atom stereocenters. The van der Waals surface area contributed by atoms with E-state index in [-0.39, 0.29) is 11.4 Å². The molecule has 1 aromatic rings. The zero-order chi connectivity index (χ0) is 11.0. The summed E-state index contributed by atoms with van der Waals surface area (Å²) in [5.41, 5.74) is 1.96. The number of ether oxygens (including phenoxy) is 1. The Hall–Kier alpha value is -1.35. The molecule has 0 saturated carbocycles. The zero-order valence-corrected chi connectivity index (χ0v) is 9.16. The zero-order valence-electron chi connectivity index (χ0n) is 9.16. The van der Waals surface area contributed by atoms with Crippen LogP contribution in [0.2, 0.25) is 0 Å². The van der Waals surface area contributed by atoms with Gasteiger partial charge in [0.1, 0.15) is 0 Å². The normalized spacial score (nSPS) is 22.6. The van der Waals surface area contributed by atoms with Gasteiger partial charge < -0.3 is 10.1 Å². The van der Waals surface area contributed by atoms with Gasteiger partial charge >= 0.3 is 0 Å². The van der Waals surface area contributed by atoms with Crippen molar-refractivity contribution in [2.45, 2.75) is 24.8 Å². The highest BCUT2D eigenvalue weighted by Crippen LogP contribution is 2.30. The number of amides is 1. The van der Waals surface area contributed by atoms with Gasteiger partial charge in [0.2, 0.25) is 0 Å². The first-order valence-electron chi connectivity index (χ1n) is 5.77. The summed E-state index contributed by atoms with van der Waals surface area (Å²) < 4.78 is 5.37. The van der Waals surface area contributed by atoms with Gasteiger partial charge in [-0.2, -0.15) is 0 Å². The first-order valence-corrected chi connectivity index (χ1v) is 5.77. The Morgan fingerprint density at radius 1 is 1.19 bits per heavy atom. The van der Waals surface area contributed by atoms with E-state index in [9.17, 15) is 4.79 Å². The summed E-state index contributed by atoms with van der Waals surface area (Å²) in [6.45, 7) is 1.50. The number of rotatable bonds is 0. The Kier molecular flexibility index (Phi) is 2.21. The quantitative estimate of drug-likeness (QED) is 0.715. The molecule has 0 radical (unpaired) electrons. The fourth-order valence-corrected chi connectivity index (χ4v) is 2.68. The lowest BCUT2D eigenvalue weighted by Crippen LogP contribution is -2.56. The van der Waals surface area contributed by atoms with E-state index in [1.165, 1.54) is 5.56 Å². The minimum absolute atomic E-state index is 0.0519. The van der Waals surface area contributed by atoms with Crippen LogP contribution in [0.1, 0.15) is 28.8 Å². The molecule has 84 valence electrons. The van der Waals surface area contributed by atoms with Crippen molar-refractivity contribution in [3.05, 3.63) is 35.4 Å². The standard InChI is InChI=1S/C13H15NO2/c15-12-11-4-2-1-3-10(11)9-13(14-12)5-7-16-8-6-13/h1-4H,5-9H2,(H,14,15). The third kappa shape index (κ3) is 1.52. The van der Waals surface area contributed by atoms with Gasteiger partial charge in [0.25, 0.3) is 5.91 Å². The summed E-state index contributed by atoms with van der Waals surface area (Å²) in [4.78, 5) is 12.0. The van der Waals surface area contributed by atoms with Gasteiger partial charge in [0, 0.05) is 24.3 Å². The number of carbonyl (C=O) groups excluding carboxylic acids is 1. The number of nitrogens with one attached hydrogen (secondary N) is 1. The molecule has 1 amide bonds. The minimum Gasteiger partial charge on any atom is -0.381 e. The first kappa shape index (κ1) is 9.85. The number of hydrogen-bond acceptors (Lipinski definition) is 2. The number of carbonyl (C=O) groups is 1. The molecule has 2 heterocycles. The Balaban J connectivity index is 1.96. The van der Waals surface area contributed by atoms with Crippen molar-refractivity contribution in [2.24, 2.45) is 0 Å². The van der Waals surface area contributed by atoms with Crippen molar-refractivity contribution in [1.29, 1.82) is 0 Å². The Morgan fingerprint density at radius 3 is 2.75 bits per heavy atom. The Morgan fingerprint density at radius 2 is 1.94 bits per heavy atom. The van der Waals surface area contributed by atoms with Crippen LogP contribution in [0.3, 0.4) is 0 Å². The van der Waals surface area contributed by atoms with Crippen LogP contribution in [0, 0.1) is 0 Å². The number of hydrogen-bond donors (Lipinski definition) is 1. The molecule has 1 aromatic carbocycles. The molecule has 3 nitrogen and oxygen atoms in total. The first-order chi connectivity index (χ1) is 7.79. The predicted molar refractivity (Wildman–Crippen MR) is 60.4 cm³/mol. The van der Waals surface area contributed by atoms with Gasteiger partial charge in [-0.05, 0) is 30.9 Å². The second-order valence-electron chi connectivity index (χ2n) is 4.68. The molecule has 0 aliphatic carbocycles. The van der Waals surface area contributed by atoms with Crippen molar-refractivity contribution >= 4 is 5.91 Å². The summed E-state index contributed by atoms with van der Waals surface area (Å²) in [6, 6.07) is 7.88. The van der Waals surface area contributed by atoms with Crippen LogP contribution in [0.5, 0.6) is 0 Å². The van der Waals surface area contributed by atoms with Crippen molar-refractivity contribution < 1.29 is 9.53 Å². The van der Waals surface area contributed by atoms with Crippen LogP contribution in [0.15, 0.2) is 24.3 Å². The molecule has 0 aromatic heterocycles. The fraction of sp³-hybridized carbons (Fsp3) is 0.462. The van der Waals surface area contributed by atoms with Crippen molar-refractivity contribution in [2.75, 3.05) is 13.2 Å². The average molecular weight is 217 g/mol. The lowest BCUT2D eigenvalue weighted by molar-refractivity contribution is 0.0335. The summed E-state index contributed by atoms with van der Waals surface area (Å²) in [7, 11) is 0. The third-order valence-electron chi connectivity index (χ3n) is 3.62. The minimum atomic E-state index is -0.0519. The van der Waals surface area contributed by atoms with E-state index < -0.39 is 0 Å². The van der Waals surface area contributed by atoms with E-state index in [0.29, 0.717) is 0 Å². The lowest BCUT2D eigenvalue weighted by atomic mass is 9.79. The number of benzene rings is 1. The largest absolute Gasteiger partial charge is 0.381 e. The number of fused-ring (bicyclic) bond motifs is 1. The molecule has 2 aliphatic heterocycles. The Bertz CT molecular complexity index is 422. The monoisotopic (exact) mass is 217 g/mol. The topological polar surface area (TPSA) is 38.3 Å². The summed E-state index contributed by atoms with van der Waals surface area (Å²) in [5.74, 6) is 0.0729. The molecule has 3 rings (SSSR count). The molecular weight excluding hydrogens is 202 g/mol. The van der Waals surface area contributed by atoms with Crippen LogP contribution in [-0.2, 0) is 11.2 Å². The maximum absolute atomic E-state index is 12.0. The van der Waals surface area contributed by atoms with Crippen molar-refractivity contribution in [1.82, 2.24) is 5.32 Å². The van der Waals surface area contributed by atoms with E-state index in [1.54, 1.807) is 0 Å². The molecule has 0 atom stereocenters. The highest BCUT2D eigenvalue weighted by atomic mass is 16.5. The van der Waals surface area contributed by atoms with Crippen LogP contribution in [0.4, 0.5) is 0 Å². The third-order valence-corrected chi connectivity index (χ3v) is 3.62. The van der Waals surface area contributed by atoms with Crippen molar-refractivity contribution in [3.8, 4) is 0 Å². The van der Waals surface area contributed by atoms with E-state index in [2.05, 4.69) is 11.4 Å². The molecule has 1 N–H and O–H groups in total. The van der Waals surface area contributed by atoms with Crippen LogP contribution in [0.25, 0.3) is 0 Å². The van der Waals surface area contributed by atoms with Gasteiger partial charge in [-0.1, -0.05) is 18.2 Å². The van der Waals surface area contributed by atoms with Gasteiger partial charge in [-0.25, -0.2) is 0 Å².